The Bertz CT molecular complexity index is 633. The van der Waals surface area contributed by atoms with E-state index in [1.54, 1.807) is 4.90 Å². The number of rotatable bonds is 5. The second-order valence-electron chi connectivity index (χ2n) is 5.04. The van der Waals surface area contributed by atoms with Crippen molar-refractivity contribution >= 4 is 27.4 Å². The van der Waals surface area contributed by atoms with Crippen LogP contribution in [-0.4, -0.2) is 60.7 Å². The molecule has 11 heteroatoms. The third-order valence-corrected chi connectivity index (χ3v) is 5.68. The third-order valence-electron chi connectivity index (χ3n) is 3.46. The fourth-order valence-corrected chi connectivity index (χ4v) is 4.01. The van der Waals surface area contributed by atoms with Crippen LogP contribution in [0.5, 0.6) is 0 Å². The Hall–Kier alpha value is -1.13. The van der Waals surface area contributed by atoms with Gasteiger partial charge in [-0.25, -0.2) is 8.42 Å². The number of hydrogen-bond donors (Lipinski definition) is 0. The molecule has 1 aliphatic rings. The van der Waals surface area contributed by atoms with Gasteiger partial charge in [0, 0.05) is 32.1 Å². The second kappa shape index (κ2) is 7.18. The number of alkyl halides is 4. The molecular weight excluding hydrogens is 357 g/mol. The lowest BCUT2D eigenvalue weighted by atomic mass is 10.2. The van der Waals surface area contributed by atoms with Crippen molar-refractivity contribution in [2.75, 3.05) is 42.7 Å². The molecule has 0 spiro atoms. The molecule has 0 radical (unpaired) electrons. The van der Waals surface area contributed by atoms with Gasteiger partial charge in [-0.05, 0) is 12.5 Å². The topological polar surface area (TPSA) is 66.4 Å². The van der Waals surface area contributed by atoms with Gasteiger partial charge in [-0.15, -0.1) is 16.7 Å². The first kappa shape index (κ1) is 18.2. The Kier molecular flexibility index (Phi) is 5.69. The van der Waals surface area contributed by atoms with E-state index in [9.17, 15) is 21.6 Å². The first-order valence-electron chi connectivity index (χ1n) is 6.93. The summed E-state index contributed by atoms with van der Waals surface area (Å²) in [5, 5.41) is 7.08. The zero-order valence-corrected chi connectivity index (χ0v) is 13.7. The monoisotopic (exact) mass is 372 g/mol. The molecule has 0 unspecified atom stereocenters. The van der Waals surface area contributed by atoms with Crippen LogP contribution in [0.15, 0.2) is 12.3 Å². The lowest BCUT2D eigenvalue weighted by Crippen LogP contribution is -2.49. The molecule has 0 amide bonds. The van der Waals surface area contributed by atoms with Crippen molar-refractivity contribution in [2.24, 2.45) is 0 Å². The number of piperazine rings is 1. The van der Waals surface area contributed by atoms with Crippen LogP contribution in [-0.2, 0) is 16.2 Å². The van der Waals surface area contributed by atoms with Crippen LogP contribution in [0.4, 0.5) is 19.0 Å². The number of aromatic nitrogens is 2. The molecule has 1 aromatic heterocycles. The summed E-state index contributed by atoms with van der Waals surface area (Å²) in [6, 6.07) is 0.921. The first-order valence-corrected chi connectivity index (χ1v) is 9.07. The number of anilines is 1. The highest BCUT2D eigenvalue weighted by molar-refractivity contribution is 7.89. The van der Waals surface area contributed by atoms with Crippen LogP contribution in [0.3, 0.4) is 0 Å². The number of nitrogens with zero attached hydrogens (tertiary/aromatic N) is 4. The first-order chi connectivity index (χ1) is 10.7. The minimum atomic E-state index is -4.49. The quantitative estimate of drug-likeness (QED) is 0.734. The lowest BCUT2D eigenvalue weighted by Gasteiger charge is -2.34. The van der Waals surface area contributed by atoms with Gasteiger partial charge in [0.15, 0.2) is 5.82 Å². The Morgan fingerprint density at radius 3 is 2.43 bits per heavy atom. The number of halogens is 4. The smallest absolute Gasteiger partial charge is 0.352 e. The Morgan fingerprint density at radius 1 is 1.22 bits per heavy atom. The van der Waals surface area contributed by atoms with Gasteiger partial charge in [-0.2, -0.15) is 22.6 Å². The SMILES string of the molecule is O=S(=O)(CCCCl)N1CCN(c2cc(C(F)(F)F)cnn2)CC1. The molecule has 0 aromatic carbocycles. The van der Waals surface area contributed by atoms with E-state index in [2.05, 4.69) is 10.2 Å². The fraction of sp³-hybridized carbons (Fsp3) is 0.667. The molecule has 2 rings (SSSR count). The molecule has 2 heterocycles. The molecule has 0 aliphatic carbocycles. The maximum Gasteiger partial charge on any atom is 0.418 e. The molecule has 0 N–H and O–H groups in total. The highest BCUT2D eigenvalue weighted by Crippen LogP contribution is 2.30. The minimum absolute atomic E-state index is 0.0279. The lowest BCUT2D eigenvalue weighted by molar-refractivity contribution is -0.137. The Balaban J connectivity index is 2.02. The summed E-state index contributed by atoms with van der Waals surface area (Å²) in [4.78, 5) is 1.59. The zero-order valence-electron chi connectivity index (χ0n) is 12.1. The van der Waals surface area contributed by atoms with Gasteiger partial charge in [0.25, 0.3) is 0 Å². The van der Waals surface area contributed by atoms with Crippen LogP contribution in [0.2, 0.25) is 0 Å². The van der Waals surface area contributed by atoms with Gasteiger partial charge in [-0.3, -0.25) is 0 Å². The molecule has 6 nitrogen and oxygen atoms in total. The van der Waals surface area contributed by atoms with Crippen molar-refractivity contribution in [1.82, 2.24) is 14.5 Å². The second-order valence-corrected chi connectivity index (χ2v) is 7.51. The van der Waals surface area contributed by atoms with Gasteiger partial charge in [0.1, 0.15) is 0 Å². The summed E-state index contributed by atoms with van der Waals surface area (Å²) < 4.78 is 63.5. The highest BCUT2D eigenvalue weighted by atomic mass is 35.5. The predicted molar refractivity (Wildman–Crippen MR) is 79.9 cm³/mol. The molecule has 1 saturated heterocycles. The van der Waals surface area contributed by atoms with E-state index in [0.717, 1.165) is 6.07 Å². The summed E-state index contributed by atoms with van der Waals surface area (Å²) in [7, 11) is -3.38. The average Bonchev–Trinajstić information content (AvgIpc) is 2.52. The van der Waals surface area contributed by atoms with Crippen molar-refractivity contribution in [3.8, 4) is 0 Å². The van der Waals surface area contributed by atoms with E-state index in [4.69, 9.17) is 11.6 Å². The summed E-state index contributed by atoms with van der Waals surface area (Å²) in [6.07, 6.45) is -3.46. The van der Waals surface area contributed by atoms with E-state index in [1.807, 2.05) is 0 Å². The van der Waals surface area contributed by atoms with Crippen LogP contribution in [0.25, 0.3) is 0 Å². The molecule has 0 saturated carbocycles. The van der Waals surface area contributed by atoms with Gasteiger partial charge in [-0.1, -0.05) is 0 Å². The minimum Gasteiger partial charge on any atom is -0.352 e. The van der Waals surface area contributed by atoms with Gasteiger partial charge < -0.3 is 4.90 Å². The number of sulfonamides is 1. The van der Waals surface area contributed by atoms with Crippen molar-refractivity contribution in [2.45, 2.75) is 12.6 Å². The van der Waals surface area contributed by atoms with Gasteiger partial charge in [0.2, 0.25) is 10.0 Å². The normalized spacial score (nSPS) is 17.5. The molecule has 1 aliphatic heterocycles. The van der Waals surface area contributed by atoms with Crippen LogP contribution in [0.1, 0.15) is 12.0 Å². The van der Waals surface area contributed by atoms with Crippen molar-refractivity contribution in [3.63, 3.8) is 0 Å². The van der Waals surface area contributed by atoms with Gasteiger partial charge in [0.05, 0.1) is 17.5 Å². The van der Waals surface area contributed by atoms with E-state index >= 15 is 0 Å². The molecule has 1 aromatic rings. The summed E-state index contributed by atoms with van der Waals surface area (Å²) in [5.41, 5.74) is -0.875. The van der Waals surface area contributed by atoms with Crippen molar-refractivity contribution < 1.29 is 21.6 Å². The van der Waals surface area contributed by atoms with E-state index < -0.39 is 21.8 Å². The summed E-state index contributed by atoms with van der Waals surface area (Å²) >= 11 is 5.50. The van der Waals surface area contributed by atoms with E-state index in [0.29, 0.717) is 12.6 Å². The van der Waals surface area contributed by atoms with Gasteiger partial charge >= 0.3 is 6.18 Å². The maximum atomic E-state index is 12.7. The Labute approximate surface area is 137 Å². The standard InChI is InChI=1S/C12H16ClF3N4O2S/c13-2-1-7-23(21,22)20-5-3-19(4-6-20)11-8-10(9-17-18-11)12(14,15)16/h8-9H,1-7H2. The van der Waals surface area contributed by atoms with Crippen LogP contribution in [0, 0.1) is 0 Å². The maximum absolute atomic E-state index is 12.7. The molecule has 130 valence electrons. The third kappa shape index (κ3) is 4.67. The van der Waals surface area contributed by atoms with Crippen molar-refractivity contribution in [1.29, 1.82) is 0 Å². The van der Waals surface area contributed by atoms with Crippen LogP contribution >= 0.6 is 11.6 Å². The van der Waals surface area contributed by atoms with Crippen LogP contribution < -0.4 is 4.90 Å². The summed E-state index contributed by atoms with van der Waals surface area (Å²) in [6.45, 7) is 0.914. The average molecular weight is 373 g/mol. The molecule has 23 heavy (non-hydrogen) atoms. The predicted octanol–water partition coefficient (Wildman–Crippen LogP) is 1.58. The van der Waals surface area contributed by atoms with E-state index in [1.165, 1.54) is 4.31 Å². The molecule has 0 atom stereocenters. The highest BCUT2D eigenvalue weighted by Gasteiger charge is 2.33. The summed E-state index contributed by atoms with van der Waals surface area (Å²) in [5.74, 6) is 0.330. The van der Waals surface area contributed by atoms with E-state index in [-0.39, 0.29) is 43.6 Å². The Morgan fingerprint density at radius 2 is 1.87 bits per heavy atom. The molecular formula is C12H16ClF3N4O2S. The number of hydrogen-bond acceptors (Lipinski definition) is 5. The molecule has 1 fully saturated rings. The fourth-order valence-electron chi connectivity index (χ4n) is 2.23. The molecule has 0 bridgehead atoms. The largest absolute Gasteiger partial charge is 0.418 e. The van der Waals surface area contributed by atoms with Crippen molar-refractivity contribution in [3.05, 3.63) is 17.8 Å². The zero-order chi connectivity index (χ0) is 17.1.